The summed E-state index contributed by atoms with van der Waals surface area (Å²) in [6, 6.07) is 5.41. The fourth-order valence-corrected chi connectivity index (χ4v) is 9.08. The number of hydrogen-bond donors (Lipinski definition) is 8. The van der Waals surface area contributed by atoms with Gasteiger partial charge in [0, 0.05) is 111 Å². The standard InChI is InChI=1S/C52H89N11O12/c1-5-60-27-28-61(33-35-74-72)29-30-62(34-36-75-73)31-32-63(6-2)42(39-60)37-40-20-22-41(23-21-40)38-46-56-45(57-51(58-46)59(3)4)18-13-11-9-7-8-10-12-14-19-47(64)53-26-16-15-17-43(49(67)68)54-52(71)55-44(50(69)70)24-25-48(65)66/h20-23,42-44,72-73H,5-19,24-39H2,1-4H3,(H,53,64)(H,65,66)(H,67,68)(H,69,70)(H2,54,55,71)/t42?,43-,44-/m0/s1. The van der Waals surface area contributed by atoms with Gasteiger partial charge in [0.15, 0.2) is 0 Å². The van der Waals surface area contributed by atoms with E-state index in [0.29, 0.717) is 57.3 Å². The van der Waals surface area contributed by atoms with Crippen molar-refractivity contribution in [1.29, 1.82) is 0 Å². The summed E-state index contributed by atoms with van der Waals surface area (Å²) >= 11 is 0. The van der Waals surface area contributed by atoms with Crippen molar-refractivity contribution in [2.45, 2.75) is 141 Å². The normalized spacial score (nSPS) is 16.3. The van der Waals surface area contributed by atoms with Crippen molar-refractivity contribution in [2.24, 2.45) is 0 Å². The smallest absolute Gasteiger partial charge is 0.326 e. The molecule has 1 fully saturated rings. The van der Waals surface area contributed by atoms with E-state index in [-0.39, 0.29) is 32.0 Å². The molecule has 1 aromatic heterocycles. The Morgan fingerprint density at radius 2 is 1.20 bits per heavy atom. The van der Waals surface area contributed by atoms with Gasteiger partial charge < -0.3 is 41.1 Å². The summed E-state index contributed by atoms with van der Waals surface area (Å²) in [6.45, 7) is 14.6. The summed E-state index contributed by atoms with van der Waals surface area (Å²) < 4.78 is 0. The lowest BCUT2D eigenvalue weighted by Crippen LogP contribution is -2.51. The number of benzene rings is 1. The van der Waals surface area contributed by atoms with Gasteiger partial charge in [-0.15, -0.1) is 0 Å². The molecule has 0 radical (unpaired) electrons. The van der Waals surface area contributed by atoms with Crippen LogP contribution in [0.2, 0.25) is 0 Å². The van der Waals surface area contributed by atoms with Crippen LogP contribution >= 0.6 is 0 Å². The first-order valence-corrected chi connectivity index (χ1v) is 27.1. The van der Waals surface area contributed by atoms with Crippen LogP contribution in [0.25, 0.3) is 0 Å². The number of aryl methyl sites for hydroxylation is 1. The van der Waals surface area contributed by atoms with Crippen LogP contribution in [-0.2, 0) is 48.2 Å². The lowest BCUT2D eigenvalue weighted by molar-refractivity contribution is -0.245. The SMILES string of the molecule is CCN1CCN(CCOO)CCN(CCOO)CCN(CC)C(Cc2ccc(Cc3nc(CCCCCCCCCCC(=O)NCCCC[C@H](NC(=O)N[C@@H](CCC(=O)O)C(=O)O)C(=O)O)nc(N(C)C)n3)cc2)C1. The Bertz CT molecular complexity index is 1950. The predicted octanol–water partition coefficient (Wildman–Crippen LogP) is 4.09. The Labute approximate surface area is 443 Å². The maximum atomic E-state index is 12.4. The number of nitrogens with one attached hydrogen (secondary N) is 3. The monoisotopic (exact) mass is 1060 g/mol. The number of rotatable bonds is 36. The third-order valence-corrected chi connectivity index (χ3v) is 13.6. The zero-order chi connectivity index (χ0) is 54.8. The molecular formula is C52H89N11O12. The van der Waals surface area contributed by atoms with Gasteiger partial charge in [0.2, 0.25) is 11.9 Å². The molecule has 2 heterocycles. The van der Waals surface area contributed by atoms with Crippen molar-refractivity contribution in [3.05, 3.63) is 47.0 Å². The fourth-order valence-electron chi connectivity index (χ4n) is 9.08. The number of anilines is 1. The summed E-state index contributed by atoms with van der Waals surface area (Å²) in [5, 5.41) is 52.8. The molecule has 0 spiro atoms. The minimum absolute atomic E-state index is 0.0656. The van der Waals surface area contributed by atoms with Crippen LogP contribution in [0.4, 0.5) is 10.7 Å². The van der Waals surface area contributed by atoms with E-state index in [9.17, 15) is 34.2 Å². The van der Waals surface area contributed by atoms with Crippen LogP contribution in [0.1, 0.15) is 127 Å². The highest BCUT2D eigenvalue weighted by atomic mass is 17.1. The van der Waals surface area contributed by atoms with Crippen LogP contribution in [0.3, 0.4) is 0 Å². The molecule has 1 unspecified atom stereocenters. The van der Waals surface area contributed by atoms with Crippen LogP contribution in [-0.4, -0.2) is 214 Å². The highest BCUT2D eigenvalue weighted by molar-refractivity contribution is 5.86. The number of carboxylic acids is 3. The summed E-state index contributed by atoms with van der Waals surface area (Å²) in [5.74, 6) is -1.79. The lowest BCUT2D eigenvalue weighted by atomic mass is 10.0. The maximum Gasteiger partial charge on any atom is 0.326 e. The molecule has 23 heteroatoms. The molecule has 3 amide bonds. The molecule has 2 aromatic rings. The van der Waals surface area contributed by atoms with E-state index in [1.165, 1.54) is 5.56 Å². The lowest BCUT2D eigenvalue weighted by Gasteiger charge is -2.38. The van der Waals surface area contributed by atoms with E-state index in [2.05, 4.69) is 83.4 Å². The Kier molecular flexibility index (Phi) is 32.1. The van der Waals surface area contributed by atoms with Gasteiger partial charge in [0.1, 0.15) is 23.7 Å². The molecule has 3 rings (SSSR count). The molecule has 75 heavy (non-hydrogen) atoms. The van der Waals surface area contributed by atoms with Gasteiger partial charge in [-0.05, 0) is 69.2 Å². The number of unbranched alkanes of at least 4 members (excludes halogenated alkanes) is 8. The summed E-state index contributed by atoms with van der Waals surface area (Å²) in [5.41, 5.74) is 2.42. The highest BCUT2D eigenvalue weighted by Crippen LogP contribution is 2.18. The molecular weight excluding hydrogens is 971 g/mol. The Balaban J connectivity index is 1.39. The molecule has 0 saturated carbocycles. The maximum absolute atomic E-state index is 12.4. The number of aliphatic carboxylic acids is 3. The van der Waals surface area contributed by atoms with E-state index >= 15 is 0 Å². The molecule has 0 bridgehead atoms. The minimum Gasteiger partial charge on any atom is -0.481 e. The number of carbonyl (C=O) groups is 5. The molecule has 8 N–H and O–H groups in total. The average Bonchev–Trinajstić information content (AvgIpc) is 3.37. The molecule has 3 atom stereocenters. The van der Waals surface area contributed by atoms with Crippen molar-refractivity contribution in [3.8, 4) is 0 Å². The topological polar surface area (TPSA) is 296 Å². The van der Waals surface area contributed by atoms with Gasteiger partial charge in [-0.2, -0.15) is 9.97 Å². The Morgan fingerprint density at radius 3 is 1.76 bits per heavy atom. The van der Waals surface area contributed by atoms with Crippen LogP contribution in [0.5, 0.6) is 0 Å². The van der Waals surface area contributed by atoms with Gasteiger partial charge in [0.25, 0.3) is 0 Å². The quantitative estimate of drug-likeness (QED) is 0.0271. The van der Waals surface area contributed by atoms with Gasteiger partial charge in [-0.1, -0.05) is 76.6 Å². The number of nitrogens with zero attached hydrogens (tertiary/aromatic N) is 8. The number of amides is 3. The number of hydrogen-bond acceptors (Lipinski definition) is 17. The van der Waals surface area contributed by atoms with E-state index < -0.39 is 42.4 Å². The van der Waals surface area contributed by atoms with E-state index in [1.54, 1.807) is 0 Å². The largest absolute Gasteiger partial charge is 0.481 e. The van der Waals surface area contributed by atoms with Crippen molar-refractivity contribution >= 4 is 35.8 Å². The molecule has 23 nitrogen and oxygen atoms in total. The van der Waals surface area contributed by atoms with Gasteiger partial charge in [-0.25, -0.2) is 29.1 Å². The summed E-state index contributed by atoms with van der Waals surface area (Å²) in [4.78, 5) is 93.4. The van der Waals surface area contributed by atoms with Crippen LogP contribution < -0.4 is 20.9 Å². The van der Waals surface area contributed by atoms with E-state index in [4.69, 9.17) is 30.6 Å². The van der Waals surface area contributed by atoms with Crippen molar-refractivity contribution < 1.29 is 59.6 Å². The first-order valence-electron chi connectivity index (χ1n) is 27.1. The molecule has 0 aliphatic carbocycles. The Morgan fingerprint density at radius 1 is 0.653 bits per heavy atom. The van der Waals surface area contributed by atoms with E-state index in [1.807, 2.05) is 19.0 Å². The van der Waals surface area contributed by atoms with Crippen molar-refractivity contribution in [1.82, 2.24) is 50.5 Å². The van der Waals surface area contributed by atoms with Crippen LogP contribution in [0.15, 0.2) is 24.3 Å². The number of urea groups is 1. The fraction of sp³-hybridized carbons (Fsp3) is 0.731. The zero-order valence-corrected chi connectivity index (χ0v) is 45.1. The van der Waals surface area contributed by atoms with Gasteiger partial charge in [-0.3, -0.25) is 34.8 Å². The predicted molar refractivity (Wildman–Crippen MR) is 284 cm³/mol. The van der Waals surface area contributed by atoms with Crippen LogP contribution in [0, 0.1) is 0 Å². The first-order chi connectivity index (χ1) is 36.1. The second-order valence-corrected chi connectivity index (χ2v) is 19.6. The molecule has 1 aromatic carbocycles. The van der Waals surface area contributed by atoms with Crippen molar-refractivity contribution in [2.75, 3.05) is 111 Å². The van der Waals surface area contributed by atoms with Gasteiger partial charge >= 0.3 is 23.9 Å². The number of carboxylic acid groups (broad SMARTS) is 3. The highest BCUT2D eigenvalue weighted by Gasteiger charge is 2.26. The van der Waals surface area contributed by atoms with E-state index in [0.717, 1.165) is 140 Å². The number of aromatic nitrogens is 3. The summed E-state index contributed by atoms with van der Waals surface area (Å²) in [7, 11) is 3.90. The first kappa shape index (κ1) is 64.1. The molecule has 424 valence electrons. The third-order valence-electron chi connectivity index (χ3n) is 13.6. The summed E-state index contributed by atoms with van der Waals surface area (Å²) in [6.07, 6.45) is 11.0. The number of carbonyl (C=O) groups excluding carboxylic acids is 2. The molecule has 1 aliphatic heterocycles. The molecule has 1 aliphatic rings. The van der Waals surface area contributed by atoms with Crippen molar-refractivity contribution in [3.63, 3.8) is 0 Å². The molecule has 1 saturated heterocycles. The zero-order valence-electron chi connectivity index (χ0n) is 45.1. The second-order valence-electron chi connectivity index (χ2n) is 19.6. The third kappa shape index (κ3) is 27.5. The number of likely N-dealkylation sites (N-methyl/N-ethyl adjacent to an activating group) is 2. The minimum atomic E-state index is -1.47. The average molecular weight is 1060 g/mol. The van der Waals surface area contributed by atoms with Gasteiger partial charge in [0.05, 0.1) is 13.2 Å². The Hall–Kier alpha value is -5.14. The second kappa shape index (κ2) is 37.6.